The zero-order chi connectivity index (χ0) is 15.0. The molecule has 0 radical (unpaired) electrons. The van der Waals surface area contributed by atoms with Gasteiger partial charge in [-0.2, -0.15) is 0 Å². The monoisotopic (exact) mass is 393 g/mol. The highest BCUT2D eigenvalue weighted by Gasteiger charge is 2.20. The number of aliphatic hydroxyl groups excluding tert-OH is 1. The molecule has 1 heterocycles. The summed E-state index contributed by atoms with van der Waals surface area (Å²) in [4.78, 5) is 11.9. The van der Waals surface area contributed by atoms with Crippen molar-refractivity contribution in [3.8, 4) is 0 Å². The molecule has 0 fully saturated rings. The summed E-state index contributed by atoms with van der Waals surface area (Å²) < 4.78 is 1.06. The number of hydrogen-bond acceptors (Lipinski definition) is 2. The van der Waals surface area contributed by atoms with Crippen molar-refractivity contribution in [1.82, 2.24) is 5.32 Å². The van der Waals surface area contributed by atoms with Crippen molar-refractivity contribution in [3.05, 3.63) is 67.8 Å². The highest BCUT2D eigenvalue weighted by atomic mass is 127. The van der Waals surface area contributed by atoms with Crippen molar-refractivity contribution >= 4 is 28.5 Å². The molecule has 0 saturated heterocycles. The van der Waals surface area contributed by atoms with Crippen LogP contribution in [0.2, 0.25) is 0 Å². The molecule has 1 aliphatic rings. The molecule has 1 atom stereocenters. The van der Waals surface area contributed by atoms with Gasteiger partial charge in [0.25, 0.3) is 5.91 Å². The minimum atomic E-state index is -0.711. The van der Waals surface area contributed by atoms with Gasteiger partial charge in [-0.1, -0.05) is 30.3 Å². The molecule has 0 aliphatic carbocycles. The fourth-order valence-corrected chi connectivity index (χ4v) is 3.31. The Bertz CT molecular complexity index is 712. The number of halogens is 1. The van der Waals surface area contributed by atoms with Gasteiger partial charge in [-0.25, -0.2) is 0 Å². The first-order chi connectivity index (χ1) is 10.1. The number of carbonyl (C=O) groups is 1. The molecular formula is C17H16INO2. The molecule has 2 aromatic rings. The normalized spacial score (nSPS) is 15.3. The van der Waals surface area contributed by atoms with Gasteiger partial charge in [0, 0.05) is 15.7 Å². The number of fused-ring (bicyclic) bond motifs is 1. The number of rotatable bonds is 2. The third-order valence-corrected chi connectivity index (χ3v) is 5.36. The van der Waals surface area contributed by atoms with E-state index < -0.39 is 6.10 Å². The molecule has 2 N–H and O–H groups in total. The maximum atomic E-state index is 11.9. The van der Waals surface area contributed by atoms with Gasteiger partial charge >= 0.3 is 0 Å². The second-order valence-electron chi connectivity index (χ2n) is 5.30. The fourth-order valence-electron chi connectivity index (χ4n) is 2.66. The van der Waals surface area contributed by atoms with E-state index in [0.717, 1.165) is 32.2 Å². The molecule has 0 bridgehead atoms. The quantitative estimate of drug-likeness (QED) is 0.771. The smallest absolute Gasteiger partial charge is 0.251 e. The van der Waals surface area contributed by atoms with Crippen LogP contribution in [0.25, 0.3) is 0 Å². The van der Waals surface area contributed by atoms with Crippen LogP contribution in [-0.4, -0.2) is 17.6 Å². The molecular weight excluding hydrogens is 377 g/mol. The average molecular weight is 393 g/mol. The second-order valence-corrected chi connectivity index (χ2v) is 6.38. The maximum Gasteiger partial charge on any atom is 0.251 e. The highest BCUT2D eigenvalue weighted by Crippen LogP contribution is 2.29. The standard InChI is InChI=1S/C17H16INO2/c1-10-3-2-4-13(15(10)18)16(20)12-6-5-11-7-8-19-17(21)14(11)9-12/h2-6,9,16,20H,7-8H2,1H3,(H,19,21). The van der Waals surface area contributed by atoms with Crippen molar-refractivity contribution in [2.75, 3.05) is 6.54 Å². The minimum Gasteiger partial charge on any atom is -0.384 e. The van der Waals surface area contributed by atoms with Crippen LogP contribution < -0.4 is 5.32 Å². The van der Waals surface area contributed by atoms with Gasteiger partial charge in [0.15, 0.2) is 0 Å². The summed E-state index contributed by atoms with van der Waals surface area (Å²) >= 11 is 2.25. The predicted molar refractivity (Wildman–Crippen MR) is 90.4 cm³/mol. The molecule has 1 unspecified atom stereocenters. The molecule has 3 nitrogen and oxygen atoms in total. The number of hydrogen-bond donors (Lipinski definition) is 2. The Labute approximate surface area is 137 Å². The topological polar surface area (TPSA) is 49.3 Å². The first-order valence-electron chi connectivity index (χ1n) is 6.92. The predicted octanol–water partition coefficient (Wildman–Crippen LogP) is 2.97. The molecule has 0 saturated carbocycles. The zero-order valence-corrected chi connectivity index (χ0v) is 13.8. The SMILES string of the molecule is Cc1cccc(C(O)c2ccc3c(c2)C(=O)NCC3)c1I. The Kier molecular flexibility index (Phi) is 3.99. The fraction of sp³-hybridized carbons (Fsp3) is 0.235. The van der Waals surface area contributed by atoms with Crippen LogP contribution in [0.1, 0.15) is 38.7 Å². The minimum absolute atomic E-state index is 0.0516. The van der Waals surface area contributed by atoms with Gasteiger partial charge in [-0.05, 0) is 64.3 Å². The van der Waals surface area contributed by atoms with Crippen LogP contribution in [-0.2, 0) is 6.42 Å². The molecule has 1 amide bonds. The van der Waals surface area contributed by atoms with E-state index in [1.807, 2.05) is 43.3 Å². The molecule has 0 spiro atoms. The van der Waals surface area contributed by atoms with Crippen LogP contribution in [0.15, 0.2) is 36.4 Å². The van der Waals surface area contributed by atoms with Gasteiger partial charge in [-0.3, -0.25) is 4.79 Å². The molecule has 108 valence electrons. The second kappa shape index (κ2) is 5.77. The summed E-state index contributed by atoms with van der Waals surface area (Å²) in [5.41, 5.74) is 4.51. The summed E-state index contributed by atoms with van der Waals surface area (Å²) in [7, 11) is 0. The van der Waals surface area contributed by atoms with Crippen molar-refractivity contribution in [2.45, 2.75) is 19.4 Å². The van der Waals surface area contributed by atoms with Gasteiger partial charge in [0.05, 0.1) is 0 Å². The van der Waals surface area contributed by atoms with E-state index in [-0.39, 0.29) is 5.91 Å². The summed E-state index contributed by atoms with van der Waals surface area (Å²) in [5.74, 6) is -0.0516. The number of aryl methyl sites for hydroxylation is 1. The first-order valence-corrected chi connectivity index (χ1v) is 8.00. The van der Waals surface area contributed by atoms with E-state index in [1.54, 1.807) is 0 Å². The van der Waals surface area contributed by atoms with Crippen molar-refractivity contribution in [1.29, 1.82) is 0 Å². The maximum absolute atomic E-state index is 11.9. The third-order valence-electron chi connectivity index (χ3n) is 3.89. The lowest BCUT2D eigenvalue weighted by Gasteiger charge is -2.20. The Morgan fingerprint density at radius 3 is 2.90 bits per heavy atom. The summed E-state index contributed by atoms with van der Waals surface area (Å²) in [6.45, 7) is 2.71. The zero-order valence-electron chi connectivity index (χ0n) is 11.7. The molecule has 4 heteroatoms. The van der Waals surface area contributed by atoms with E-state index in [2.05, 4.69) is 27.9 Å². The van der Waals surface area contributed by atoms with Gasteiger partial charge in [-0.15, -0.1) is 0 Å². The van der Waals surface area contributed by atoms with Gasteiger partial charge in [0.2, 0.25) is 0 Å². The van der Waals surface area contributed by atoms with Crippen LogP contribution >= 0.6 is 22.6 Å². The van der Waals surface area contributed by atoms with E-state index >= 15 is 0 Å². The highest BCUT2D eigenvalue weighted by molar-refractivity contribution is 14.1. The van der Waals surface area contributed by atoms with Crippen molar-refractivity contribution in [2.24, 2.45) is 0 Å². The lowest BCUT2D eigenvalue weighted by Crippen LogP contribution is -2.31. The van der Waals surface area contributed by atoms with Crippen molar-refractivity contribution in [3.63, 3.8) is 0 Å². The van der Waals surface area contributed by atoms with Gasteiger partial charge < -0.3 is 10.4 Å². The number of aliphatic hydroxyl groups is 1. The van der Waals surface area contributed by atoms with Crippen molar-refractivity contribution < 1.29 is 9.90 Å². The molecule has 1 aliphatic heterocycles. The summed E-state index contributed by atoms with van der Waals surface area (Å²) in [6, 6.07) is 11.6. The summed E-state index contributed by atoms with van der Waals surface area (Å²) in [6.07, 6.45) is 0.135. The number of benzene rings is 2. The van der Waals surface area contributed by atoms with Crippen LogP contribution in [0.5, 0.6) is 0 Å². The number of carbonyl (C=O) groups excluding carboxylic acids is 1. The Balaban J connectivity index is 2.02. The number of amides is 1. The van der Waals surface area contributed by atoms with Gasteiger partial charge in [0.1, 0.15) is 6.10 Å². The van der Waals surface area contributed by atoms with Crippen LogP contribution in [0, 0.1) is 10.5 Å². The largest absolute Gasteiger partial charge is 0.384 e. The summed E-state index contributed by atoms with van der Waals surface area (Å²) in [5, 5.41) is 13.5. The third kappa shape index (κ3) is 2.70. The molecule has 21 heavy (non-hydrogen) atoms. The first kappa shape index (κ1) is 14.5. The van der Waals surface area contributed by atoms with E-state index in [9.17, 15) is 9.90 Å². The molecule has 3 rings (SSSR count). The Morgan fingerprint density at radius 2 is 2.10 bits per heavy atom. The van der Waals surface area contributed by atoms with E-state index in [4.69, 9.17) is 0 Å². The van der Waals surface area contributed by atoms with Crippen LogP contribution in [0.4, 0.5) is 0 Å². The lowest BCUT2D eigenvalue weighted by atomic mass is 9.93. The van der Waals surface area contributed by atoms with Crippen LogP contribution in [0.3, 0.4) is 0 Å². The average Bonchev–Trinajstić information content (AvgIpc) is 2.49. The Morgan fingerprint density at radius 1 is 1.29 bits per heavy atom. The number of nitrogens with one attached hydrogen (secondary N) is 1. The lowest BCUT2D eigenvalue weighted by molar-refractivity contribution is 0.0945. The molecule has 0 aromatic heterocycles. The van der Waals surface area contributed by atoms with E-state index in [0.29, 0.717) is 12.1 Å². The molecule has 2 aromatic carbocycles. The van der Waals surface area contributed by atoms with E-state index in [1.165, 1.54) is 0 Å². The Hall–Kier alpha value is -1.40.